The Labute approximate surface area is 114 Å². The molecule has 0 unspecified atom stereocenters. The molecule has 3 rings (SSSR count). The second kappa shape index (κ2) is 5.46. The Morgan fingerprint density at radius 2 is 2.16 bits per heavy atom. The van der Waals surface area contributed by atoms with Gasteiger partial charge in [-0.15, -0.1) is 11.3 Å². The highest BCUT2D eigenvalue weighted by Gasteiger charge is 2.17. The van der Waals surface area contributed by atoms with Crippen LogP contribution in [0.15, 0.2) is 23.8 Å². The smallest absolute Gasteiger partial charge is 0.231 e. The lowest BCUT2D eigenvalue weighted by Gasteiger charge is -2.11. The minimum atomic E-state index is 0.260. The van der Waals surface area contributed by atoms with E-state index < -0.39 is 0 Å². The van der Waals surface area contributed by atoms with Gasteiger partial charge in [0.1, 0.15) is 12.4 Å². The number of nitrogens with zero attached hydrogens (tertiary/aromatic N) is 1. The molecular weight excluding hydrogens is 264 g/mol. The number of ether oxygens (including phenoxy) is 3. The number of fused-ring (bicyclic) bond motifs is 1. The standard InChI is InChI=1S/C13H14N2O3S/c14-2-1-9-3-12-13(18-8-17-12)4-11(9)16-6-10-5-15-7-19-10/h3-5,7H,1-2,6,8,14H2. The van der Waals surface area contributed by atoms with E-state index in [0.717, 1.165) is 34.1 Å². The van der Waals surface area contributed by atoms with Gasteiger partial charge in [-0.05, 0) is 24.6 Å². The number of benzene rings is 1. The molecule has 2 N–H and O–H groups in total. The van der Waals surface area contributed by atoms with E-state index in [1.54, 1.807) is 23.0 Å². The van der Waals surface area contributed by atoms with Gasteiger partial charge < -0.3 is 19.9 Å². The number of aromatic nitrogens is 1. The van der Waals surface area contributed by atoms with Crippen molar-refractivity contribution in [3.8, 4) is 17.2 Å². The van der Waals surface area contributed by atoms with Crippen molar-refractivity contribution < 1.29 is 14.2 Å². The Balaban J connectivity index is 1.82. The maximum atomic E-state index is 5.84. The third kappa shape index (κ3) is 2.64. The van der Waals surface area contributed by atoms with E-state index in [1.165, 1.54) is 0 Å². The van der Waals surface area contributed by atoms with Crippen LogP contribution in [0.2, 0.25) is 0 Å². The fourth-order valence-electron chi connectivity index (χ4n) is 1.91. The summed E-state index contributed by atoms with van der Waals surface area (Å²) >= 11 is 1.57. The van der Waals surface area contributed by atoms with Gasteiger partial charge in [0.15, 0.2) is 11.5 Å². The van der Waals surface area contributed by atoms with Gasteiger partial charge in [-0.25, -0.2) is 0 Å². The molecule has 0 bridgehead atoms. The Morgan fingerprint density at radius 1 is 1.32 bits per heavy atom. The highest BCUT2D eigenvalue weighted by Crippen LogP contribution is 2.38. The van der Waals surface area contributed by atoms with E-state index in [2.05, 4.69) is 4.98 Å². The second-order valence-corrected chi connectivity index (χ2v) is 5.08. The van der Waals surface area contributed by atoms with Gasteiger partial charge in [0, 0.05) is 12.3 Å². The first-order chi connectivity index (χ1) is 9.36. The van der Waals surface area contributed by atoms with Crippen LogP contribution in [0.1, 0.15) is 10.4 Å². The minimum absolute atomic E-state index is 0.260. The molecule has 5 nitrogen and oxygen atoms in total. The van der Waals surface area contributed by atoms with Crippen molar-refractivity contribution in [2.75, 3.05) is 13.3 Å². The third-order valence-electron chi connectivity index (χ3n) is 2.82. The third-order valence-corrected chi connectivity index (χ3v) is 3.58. The van der Waals surface area contributed by atoms with E-state index in [0.29, 0.717) is 13.2 Å². The topological polar surface area (TPSA) is 66.6 Å². The van der Waals surface area contributed by atoms with Gasteiger partial charge in [0.25, 0.3) is 0 Å². The average Bonchev–Trinajstić information content (AvgIpc) is 3.07. The van der Waals surface area contributed by atoms with E-state index in [1.807, 2.05) is 12.1 Å². The first-order valence-electron chi connectivity index (χ1n) is 5.99. The summed E-state index contributed by atoms with van der Waals surface area (Å²) in [6.07, 6.45) is 2.55. The number of rotatable bonds is 5. The van der Waals surface area contributed by atoms with Crippen LogP contribution < -0.4 is 19.9 Å². The van der Waals surface area contributed by atoms with Crippen LogP contribution in [0.4, 0.5) is 0 Å². The molecule has 0 fully saturated rings. The zero-order valence-electron chi connectivity index (χ0n) is 10.3. The van der Waals surface area contributed by atoms with Gasteiger partial charge in [-0.3, -0.25) is 4.98 Å². The fourth-order valence-corrected chi connectivity index (χ4v) is 2.42. The Morgan fingerprint density at radius 3 is 2.89 bits per heavy atom. The molecule has 0 atom stereocenters. The maximum absolute atomic E-state index is 5.84. The van der Waals surface area contributed by atoms with E-state index >= 15 is 0 Å². The minimum Gasteiger partial charge on any atom is -0.488 e. The van der Waals surface area contributed by atoms with Gasteiger partial charge in [-0.1, -0.05) is 0 Å². The predicted octanol–water partition coefficient (Wildman–Crippen LogP) is 1.95. The number of hydrogen-bond donors (Lipinski definition) is 1. The van der Waals surface area contributed by atoms with Crippen molar-refractivity contribution in [3.63, 3.8) is 0 Å². The van der Waals surface area contributed by atoms with Gasteiger partial charge in [-0.2, -0.15) is 0 Å². The van der Waals surface area contributed by atoms with Crippen molar-refractivity contribution in [1.82, 2.24) is 4.98 Å². The van der Waals surface area contributed by atoms with Crippen LogP contribution in [-0.2, 0) is 13.0 Å². The lowest BCUT2D eigenvalue weighted by Crippen LogP contribution is -2.05. The Bertz CT molecular complexity index is 557. The highest BCUT2D eigenvalue weighted by molar-refractivity contribution is 7.09. The number of nitrogens with two attached hydrogens (primary N) is 1. The lowest BCUT2D eigenvalue weighted by atomic mass is 10.1. The normalized spacial score (nSPS) is 12.7. The van der Waals surface area contributed by atoms with Crippen LogP contribution in [0.25, 0.3) is 0 Å². The Hall–Kier alpha value is -1.79. The number of thiazole rings is 1. The largest absolute Gasteiger partial charge is 0.488 e. The van der Waals surface area contributed by atoms with Crippen molar-refractivity contribution in [2.45, 2.75) is 13.0 Å². The van der Waals surface area contributed by atoms with Crippen LogP contribution in [0.5, 0.6) is 17.2 Å². The summed E-state index contributed by atoms with van der Waals surface area (Å²) in [5, 5.41) is 0. The van der Waals surface area contributed by atoms with E-state index in [4.69, 9.17) is 19.9 Å². The molecule has 100 valence electrons. The summed E-state index contributed by atoms with van der Waals surface area (Å²) in [6.45, 7) is 1.33. The molecule has 0 saturated heterocycles. The van der Waals surface area contributed by atoms with Crippen molar-refractivity contribution in [3.05, 3.63) is 34.3 Å². The lowest BCUT2D eigenvalue weighted by molar-refractivity contribution is 0.173. The first-order valence-corrected chi connectivity index (χ1v) is 6.87. The zero-order chi connectivity index (χ0) is 13.1. The molecule has 1 aromatic heterocycles. The monoisotopic (exact) mass is 278 g/mol. The maximum Gasteiger partial charge on any atom is 0.231 e. The van der Waals surface area contributed by atoms with E-state index in [9.17, 15) is 0 Å². The molecule has 0 radical (unpaired) electrons. The molecule has 19 heavy (non-hydrogen) atoms. The molecule has 2 aromatic rings. The van der Waals surface area contributed by atoms with Crippen molar-refractivity contribution >= 4 is 11.3 Å². The summed E-state index contributed by atoms with van der Waals surface area (Å²) in [7, 11) is 0. The molecule has 1 aliphatic heterocycles. The summed E-state index contributed by atoms with van der Waals surface area (Å²) in [4.78, 5) is 5.10. The quantitative estimate of drug-likeness (QED) is 0.905. The molecule has 2 heterocycles. The molecule has 0 spiro atoms. The Kier molecular flexibility index (Phi) is 3.52. The van der Waals surface area contributed by atoms with Crippen molar-refractivity contribution in [1.29, 1.82) is 0 Å². The predicted molar refractivity (Wildman–Crippen MR) is 71.8 cm³/mol. The molecule has 1 aliphatic rings. The molecule has 0 saturated carbocycles. The summed E-state index contributed by atoms with van der Waals surface area (Å²) in [5.74, 6) is 2.27. The van der Waals surface area contributed by atoms with Crippen LogP contribution >= 0.6 is 11.3 Å². The summed E-state index contributed by atoms with van der Waals surface area (Å²) in [6, 6.07) is 3.81. The zero-order valence-corrected chi connectivity index (χ0v) is 11.1. The molecule has 6 heteroatoms. The van der Waals surface area contributed by atoms with Crippen LogP contribution in [0, 0.1) is 0 Å². The van der Waals surface area contributed by atoms with Crippen LogP contribution in [-0.4, -0.2) is 18.3 Å². The van der Waals surface area contributed by atoms with Gasteiger partial charge >= 0.3 is 0 Å². The fraction of sp³-hybridized carbons (Fsp3) is 0.308. The summed E-state index contributed by atoms with van der Waals surface area (Å²) in [5.41, 5.74) is 8.46. The SMILES string of the molecule is NCCc1cc2c(cc1OCc1cncs1)OCO2. The van der Waals surface area contributed by atoms with Crippen LogP contribution in [0.3, 0.4) is 0 Å². The second-order valence-electron chi connectivity index (χ2n) is 4.11. The average molecular weight is 278 g/mol. The number of hydrogen-bond acceptors (Lipinski definition) is 6. The van der Waals surface area contributed by atoms with Crippen molar-refractivity contribution in [2.24, 2.45) is 5.73 Å². The molecular formula is C13H14N2O3S. The molecule has 0 aliphatic carbocycles. The molecule has 1 aromatic carbocycles. The van der Waals surface area contributed by atoms with E-state index in [-0.39, 0.29) is 6.79 Å². The summed E-state index contributed by atoms with van der Waals surface area (Å²) < 4.78 is 16.6. The molecule has 0 amide bonds. The van der Waals surface area contributed by atoms with Gasteiger partial charge in [0.05, 0.1) is 10.4 Å². The highest BCUT2D eigenvalue weighted by atomic mass is 32.1. The van der Waals surface area contributed by atoms with Gasteiger partial charge in [0.2, 0.25) is 6.79 Å². The first kappa shape index (κ1) is 12.3.